The zero-order chi connectivity index (χ0) is 8.97. The van der Waals surface area contributed by atoms with Crippen molar-refractivity contribution in [3.8, 4) is 0 Å². The molecule has 1 aromatic rings. The Balaban J connectivity index is 2.50. The second kappa shape index (κ2) is 4.85. The van der Waals surface area contributed by atoms with Crippen molar-refractivity contribution < 1.29 is 0 Å². The van der Waals surface area contributed by atoms with Crippen molar-refractivity contribution in [2.75, 3.05) is 6.54 Å². The fraction of sp³-hybridized carbons (Fsp3) is 0.556. The number of hydrogen-bond donors (Lipinski definition) is 1. The molecule has 0 saturated heterocycles. The van der Waals surface area contributed by atoms with Crippen LogP contribution in [0.15, 0.2) is 12.1 Å². The van der Waals surface area contributed by atoms with Crippen LogP contribution in [0.3, 0.4) is 0 Å². The van der Waals surface area contributed by atoms with Crippen molar-refractivity contribution in [1.82, 2.24) is 0 Å². The van der Waals surface area contributed by atoms with Crippen molar-refractivity contribution >= 4 is 22.9 Å². The predicted octanol–water partition coefficient (Wildman–Crippen LogP) is 2.93. The third-order valence-corrected chi connectivity index (χ3v) is 3.28. The standard InChI is InChI=1S/C9H14ClNS/c1-2-7(6-11)5-8-3-4-9(10)12-8/h3-4,7H,2,5-6,11H2,1H3. The van der Waals surface area contributed by atoms with Gasteiger partial charge in [0.25, 0.3) is 0 Å². The van der Waals surface area contributed by atoms with E-state index in [1.54, 1.807) is 11.3 Å². The van der Waals surface area contributed by atoms with Gasteiger partial charge in [0, 0.05) is 4.88 Å². The number of hydrogen-bond acceptors (Lipinski definition) is 2. The zero-order valence-corrected chi connectivity index (χ0v) is 8.79. The lowest BCUT2D eigenvalue weighted by Crippen LogP contribution is -2.15. The van der Waals surface area contributed by atoms with E-state index in [1.165, 1.54) is 4.88 Å². The third kappa shape index (κ3) is 2.77. The fourth-order valence-corrected chi connectivity index (χ4v) is 2.34. The molecule has 1 atom stereocenters. The summed E-state index contributed by atoms with van der Waals surface area (Å²) in [5, 5.41) is 0. The molecule has 0 fully saturated rings. The van der Waals surface area contributed by atoms with Gasteiger partial charge < -0.3 is 5.73 Å². The Morgan fingerprint density at radius 1 is 1.58 bits per heavy atom. The molecule has 3 heteroatoms. The monoisotopic (exact) mass is 203 g/mol. The van der Waals surface area contributed by atoms with Gasteiger partial charge in [0.2, 0.25) is 0 Å². The summed E-state index contributed by atoms with van der Waals surface area (Å²) in [7, 11) is 0. The van der Waals surface area contributed by atoms with Crippen LogP contribution in [0.5, 0.6) is 0 Å². The Morgan fingerprint density at radius 2 is 2.33 bits per heavy atom. The second-order valence-electron chi connectivity index (χ2n) is 2.92. The first kappa shape index (κ1) is 10.0. The van der Waals surface area contributed by atoms with E-state index in [0.717, 1.165) is 23.7 Å². The topological polar surface area (TPSA) is 26.0 Å². The molecular formula is C9H14ClNS. The van der Waals surface area contributed by atoms with E-state index < -0.39 is 0 Å². The minimum atomic E-state index is 0.611. The number of thiophene rings is 1. The zero-order valence-electron chi connectivity index (χ0n) is 7.22. The maximum Gasteiger partial charge on any atom is 0.0931 e. The van der Waals surface area contributed by atoms with E-state index in [-0.39, 0.29) is 0 Å². The molecule has 1 rings (SSSR count). The molecule has 0 aliphatic carbocycles. The van der Waals surface area contributed by atoms with Gasteiger partial charge in [-0.05, 0) is 31.0 Å². The lowest BCUT2D eigenvalue weighted by molar-refractivity contribution is 0.523. The van der Waals surface area contributed by atoms with E-state index in [2.05, 4.69) is 13.0 Å². The van der Waals surface area contributed by atoms with Crippen molar-refractivity contribution in [3.05, 3.63) is 21.3 Å². The summed E-state index contributed by atoms with van der Waals surface area (Å²) in [4.78, 5) is 1.34. The first-order valence-corrected chi connectivity index (χ1v) is 5.40. The predicted molar refractivity (Wildman–Crippen MR) is 55.9 cm³/mol. The Kier molecular flexibility index (Phi) is 4.06. The van der Waals surface area contributed by atoms with Gasteiger partial charge in [0.05, 0.1) is 4.34 Å². The van der Waals surface area contributed by atoms with E-state index in [9.17, 15) is 0 Å². The van der Waals surface area contributed by atoms with Crippen molar-refractivity contribution in [2.24, 2.45) is 11.7 Å². The molecule has 1 unspecified atom stereocenters. The number of nitrogens with two attached hydrogens (primary N) is 1. The highest BCUT2D eigenvalue weighted by molar-refractivity contribution is 7.16. The molecule has 68 valence electrons. The third-order valence-electron chi connectivity index (χ3n) is 2.03. The second-order valence-corrected chi connectivity index (χ2v) is 4.72. The van der Waals surface area contributed by atoms with Crippen LogP contribution in [0.4, 0.5) is 0 Å². The summed E-state index contributed by atoms with van der Waals surface area (Å²) in [6.07, 6.45) is 2.22. The van der Waals surface area contributed by atoms with Gasteiger partial charge in [0.1, 0.15) is 0 Å². The summed E-state index contributed by atoms with van der Waals surface area (Å²) < 4.78 is 0.872. The van der Waals surface area contributed by atoms with Crippen molar-refractivity contribution in [2.45, 2.75) is 19.8 Å². The van der Waals surface area contributed by atoms with Crippen LogP contribution in [0.2, 0.25) is 4.34 Å². The molecule has 0 bridgehead atoms. The summed E-state index contributed by atoms with van der Waals surface area (Å²) in [5.41, 5.74) is 5.61. The van der Waals surface area contributed by atoms with Gasteiger partial charge >= 0.3 is 0 Å². The van der Waals surface area contributed by atoms with Crippen LogP contribution in [-0.4, -0.2) is 6.54 Å². The normalized spacial score (nSPS) is 13.2. The average molecular weight is 204 g/mol. The molecule has 1 aromatic heterocycles. The highest BCUT2D eigenvalue weighted by Gasteiger charge is 2.06. The minimum Gasteiger partial charge on any atom is -0.330 e. The Morgan fingerprint density at radius 3 is 2.75 bits per heavy atom. The van der Waals surface area contributed by atoms with Gasteiger partial charge in [-0.2, -0.15) is 0 Å². The van der Waals surface area contributed by atoms with Gasteiger partial charge in [0.15, 0.2) is 0 Å². The molecule has 0 radical (unpaired) electrons. The molecule has 0 aromatic carbocycles. The minimum absolute atomic E-state index is 0.611. The number of halogens is 1. The van der Waals surface area contributed by atoms with Gasteiger partial charge in [-0.1, -0.05) is 24.9 Å². The van der Waals surface area contributed by atoms with Crippen molar-refractivity contribution in [3.63, 3.8) is 0 Å². The molecule has 1 nitrogen and oxygen atoms in total. The first-order chi connectivity index (χ1) is 5.76. The Hall–Kier alpha value is -0.0500. The first-order valence-electron chi connectivity index (χ1n) is 4.20. The summed E-state index contributed by atoms with van der Waals surface area (Å²) in [6, 6.07) is 4.04. The molecular weight excluding hydrogens is 190 g/mol. The van der Waals surface area contributed by atoms with E-state index >= 15 is 0 Å². The van der Waals surface area contributed by atoms with Gasteiger partial charge in [-0.25, -0.2) is 0 Å². The molecule has 0 spiro atoms. The molecule has 0 aliphatic rings. The summed E-state index contributed by atoms with van der Waals surface area (Å²) in [5.74, 6) is 0.611. The Labute approximate surface area is 82.5 Å². The van der Waals surface area contributed by atoms with Crippen molar-refractivity contribution in [1.29, 1.82) is 0 Å². The van der Waals surface area contributed by atoms with Crippen LogP contribution >= 0.6 is 22.9 Å². The molecule has 12 heavy (non-hydrogen) atoms. The smallest absolute Gasteiger partial charge is 0.0931 e. The molecule has 0 aliphatic heterocycles. The average Bonchev–Trinajstić information content (AvgIpc) is 2.47. The van der Waals surface area contributed by atoms with Crippen LogP contribution in [0, 0.1) is 5.92 Å². The van der Waals surface area contributed by atoms with Gasteiger partial charge in [-0.3, -0.25) is 0 Å². The Bertz CT molecular complexity index is 230. The SMILES string of the molecule is CCC(CN)Cc1ccc(Cl)s1. The lowest BCUT2D eigenvalue weighted by atomic mass is 10.0. The van der Waals surface area contributed by atoms with Crippen LogP contribution in [0.1, 0.15) is 18.2 Å². The maximum absolute atomic E-state index is 5.82. The lowest BCUT2D eigenvalue weighted by Gasteiger charge is -2.09. The quantitative estimate of drug-likeness (QED) is 0.800. The highest BCUT2D eigenvalue weighted by atomic mass is 35.5. The van der Waals surface area contributed by atoms with E-state index in [0.29, 0.717) is 5.92 Å². The van der Waals surface area contributed by atoms with Crippen LogP contribution in [0.25, 0.3) is 0 Å². The summed E-state index contributed by atoms with van der Waals surface area (Å²) in [6.45, 7) is 2.94. The number of rotatable bonds is 4. The van der Waals surface area contributed by atoms with Crippen LogP contribution in [-0.2, 0) is 6.42 Å². The van der Waals surface area contributed by atoms with Crippen LogP contribution < -0.4 is 5.73 Å². The molecule has 0 amide bonds. The van der Waals surface area contributed by atoms with Gasteiger partial charge in [-0.15, -0.1) is 11.3 Å². The van der Waals surface area contributed by atoms with E-state index in [4.69, 9.17) is 17.3 Å². The molecule has 1 heterocycles. The molecule has 0 saturated carbocycles. The largest absolute Gasteiger partial charge is 0.330 e. The molecule has 2 N–H and O–H groups in total. The summed E-state index contributed by atoms with van der Waals surface area (Å²) >= 11 is 7.47. The highest BCUT2D eigenvalue weighted by Crippen LogP contribution is 2.24. The van der Waals surface area contributed by atoms with E-state index in [1.807, 2.05) is 6.07 Å². The maximum atomic E-state index is 5.82. The fourth-order valence-electron chi connectivity index (χ4n) is 1.14.